The molecule has 0 amide bonds. The number of piperidine rings is 1. The third-order valence-corrected chi connectivity index (χ3v) is 9.51. The average Bonchev–Trinajstić information content (AvgIpc) is 3.73. The van der Waals surface area contributed by atoms with Crippen LogP contribution in [0, 0.1) is 12.7 Å². The Morgan fingerprint density at radius 2 is 1.85 bits per heavy atom. The second kappa shape index (κ2) is 14.7. The van der Waals surface area contributed by atoms with E-state index in [1.807, 2.05) is 43.3 Å². The Morgan fingerprint density at radius 3 is 2.55 bits per heavy atom. The fourth-order valence-corrected chi connectivity index (χ4v) is 6.81. The maximum Gasteiger partial charge on any atom is 0.245 e. The first-order valence-electron chi connectivity index (χ1n) is 16.4. The molecule has 2 aliphatic heterocycles. The highest BCUT2D eigenvalue weighted by Crippen LogP contribution is 2.35. The van der Waals surface area contributed by atoms with Crippen LogP contribution >= 0.6 is 0 Å². The number of likely N-dealkylation sites (tertiary alicyclic amines) is 1. The molecule has 0 spiro atoms. The fraction of sp³-hybridized carbons (Fsp3) is 0.417. The van der Waals surface area contributed by atoms with Gasteiger partial charge in [0.25, 0.3) is 0 Å². The summed E-state index contributed by atoms with van der Waals surface area (Å²) in [6.45, 7) is 13.9. The van der Waals surface area contributed by atoms with Crippen LogP contribution in [0.1, 0.15) is 43.2 Å². The minimum absolute atomic E-state index is 0.0630. The van der Waals surface area contributed by atoms with Crippen molar-refractivity contribution >= 4 is 29.0 Å². The number of para-hydroxylation sites is 2. The molecule has 3 heterocycles. The number of hydrogen-bond donors (Lipinski definition) is 0. The largest absolute Gasteiger partial charge is 0.496 e. The van der Waals surface area contributed by atoms with Gasteiger partial charge in [-0.05, 0) is 68.6 Å². The monoisotopic (exact) mass is 639 g/mol. The Balaban J connectivity index is 1.14. The second-order valence-electron chi connectivity index (χ2n) is 12.3. The highest BCUT2D eigenvalue weighted by molar-refractivity contribution is 5.79. The first-order valence-corrected chi connectivity index (χ1v) is 16.4. The van der Waals surface area contributed by atoms with Gasteiger partial charge < -0.3 is 23.8 Å². The van der Waals surface area contributed by atoms with Crippen molar-refractivity contribution in [3.05, 3.63) is 90.6 Å². The number of imidazole rings is 1. The van der Waals surface area contributed by atoms with Gasteiger partial charge in [-0.1, -0.05) is 29.4 Å². The van der Waals surface area contributed by atoms with E-state index in [4.69, 9.17) is 21.4 Å². The molecule has 4 aromatic rings. The number of benzene rings is 3. The van der Waals surface area contributed by atoms with Gasteiger partial charge in [0.2, 0.25) is 12.3 Å². The first kappa shape index (κ1) is 32.7. The van der Waals surface area contributed by atoms with E-state index < -0.39 is 0 Å². The molecule has 2 atom stereocenters. The van der Waals surface area contributed by atoms with Gasteiger partial charge in [-0.15, -0.1) is 4.59 Å². The number of ether oxygens (including phenoxy) is 2. The SMILES string of the molecule is [CH]c1cc([N+]2(CC(CCN3CCC(N(C)c4nc5ccccc5n4CCOCC)CC3)c3ccc(F)cc3)C=NN=N2)ccc1OC. The van der Waals surface area contributed by atoms with E-state index in [0.29, 0.717) is 37.1 Å². The third-order valence-electron chi connectivity index (χ3n) is 9.51. The molecule has 0 saturated carbocycles. The van der Waals surface area contributed by atoms with Crippen LogP contribution in [0.4, 0.5) is 16.0 Å². The molecule has 1 saturated heterocycles. The summed E-state index contributed by atoms with van der Waals surface area (Å²) in [7, 11) is 3.77. The lowest BCUT2D eigenvalue weighted by molar-refractivity contribution is 0.140. The summed E-state index contributed by atoms with van der Waals surface area (Å²) in [4.78, 5) is 9.92. The van der Waals surface area contributed by atoms with Gasteiger partial charge in [0.1, 0.15) is 18.1 Å². The van der Waals surface area contributed by atoms with Gasteiger partial charge in [-0.25, -0.2) is 9.37 Å². The first-order chi connectivity index (χ1) is 22.9. The highest BCUT2D eigenvalue weighted by Gasteiger charge is 2.38. The molecule has 0 N–H and O–H groups in total. The molecule has 0 aliphatic carbocycles. The van der Waals surface area contributed by atoms with Crippen molar-refractivity contribution < 1.29 is 13.9 Å². The fourth-order valence-electron chi connectivity index (χ4n) is 6.81. The van der Waals surface area contributed by atoms with Gasteiger partial charge in [0.05, 0.1) is 30.0 Å². The number of nitrogens with zero attached hydrogens (tertiary/aromatic N) is 8. The predicted molar refractivity (Wildman–Crippen MR) is 184 cm³/mol. The summed E-state index contributed by atoms with van der Waals surface area (Å²) in [6, 6.07) is 21.2. The Bertz CT molecular complexity index is 1690. The number of rotatable bonds is 14. The number of aromatic nitrogens is 2. The number of hydrogen-bond acceptors (Lipinski definition) is 8. The Morgan fingerprint density at radius 1 is 1.06 bits per heavy atom. The van der Waals surface area contributed by atoms with Crippen LogP contribution in [0.2, 0.25) is 0 Å². The number of anilines is 1. The molecular formula is C36H44FN8O2+. The van der Waals surface area contributed by atoms with Gasteiger partial charge in [-0.3, -0.25) is 0 Å². The summed E-state index contributed by atoms with van der Waals surface area (Å²) in [5, 5.41) is 12.7. The van der Waals surface area contributed by atoms with Gasteiger partial charge >= 0.3 is 0 Å². The smallest absolute Gasteiger partial charge is 0.245 e. The Labute approximate surface area is 276 Å². The van der Waals surface area contributed by atoms with E-state index >= 15 is 0 Å². The molecule has 0 bridgehead atoms. The molecule has 3 aromatic carbocycles. The van der Waals surface area contributed by atoms with Crippen molar-refractivity contribution in [3.63, 3.8) is 0 Å². The average molecular weight is 640 g/mol. The summed E-state index contributed by atoms with van der Waals surface area (Å²) >= 11 is 0. The van der Waals surface area contributed by atoms with Crippen LogP contribution in [0.3, 0.4) is 0 Å². The Kier molecular flexibility index (Phi) is 10.2. The molecule has 1 aromatic heterocycles. The van der Waals surface area contributed by atoms with Gasteiger partial charge in [0.15, 0.2) is 5.69 Å². The van der Waals surface area contributed by atoms with Crippen LogP contribution in [0.15, 0.2) is 82.3 Å². The molecule has 11 heteroatoms. The van der Waals surface area contributed by atoms with Crippen molar-refractivity contribution in [2.75, 3.05) is 58.5 Å². The van der Waals surface area contributed by atoms with E-state index in [2.05, 4.69) is 55.2 Å². The Hall–Kier alpha value is -4.19. The molecule has 2 radical (unpaired) electrons. The quantitative estimate of drug-likeness (QED) is 0.114. The summed E-state index contributed by atoms with van der Waals surface area (Å²) in [5.74, 6) is 1.41. The van der Waals surface area contributed by atoms with E-state index in [-0.39, 0.29) is 16.3 Å². The van der Waals surface area contributed by atoms with Crippen molar-refractivity contribution in [2.45, 2.75) is 44.7 Å². The molecule has 2 aliphatic rings. The minimum Gasteiger partial charge on any atom is -0.496 e. The van der Waals surface area contributed by atoms with Gasteiger partial charge in [0, 0.05) is 75.1 Å². The normalized spacial score (nSPS) is 19.1. The standard InChI is InChI=1S/C36H44FN8O2/c1-5-47-23-22-44-34-9-7-6-8-33(34)39-36(44)42(3)31-17-20-43(21-18-31)19-16-29(28-10-12-30(37)13-11-28)25-45(26-38-40-41-45)32-14-15-35(46-4)27(2)24-32/h2,6-15,24,26,29,31H,5,16-23,25H2,1,3-4H3/q+1. The summed E-state index contributed by atoms with van der Waals surface area (Å²) in [6.07, 6.45) is 4.69. The minimum atomic E-state index is -0.251. The molecule has 1 fully saturated rings. The van der Waals surface area contributed by atoms with Crippen molar-refractivity contribution in [1.82, 2.24) is 19.0 Å². The number of quaternary nitrogens is 1. The lowest BCUT2D eigenvalue weighted by Gasteiger charge is -2.38. The van der Waals surface area contributed by atoms with E-state index in [1.165, 1.54) is 12.1 Å². The van der Waals surface area contributed by atoms with Crippen LogP contribution in [-0.2, 0) is 11.3 Å². The molecule has 2 unspecified atom stereocenters. The summed E-state index contributed by atoms with van der Waals surface area (Å²) in [5.41, 5.74) is 4.57. The summed E-state index contributed by atoms with van der Waals surface area (Å²) < 4.78 is 27.4. The molecule has 10 nitrogen and oxygen atoms in total. The molecule has 246 valence electrons. The van der Waals surface area contributed by atoms with Crippen LogP contribution in [0.25, 0.3) is 11.0 Å². The number of halogens is 1. The molecule has 6 rings (SSSR count). The van der Waals surface area contributed by atoms with Crippen molar-refractivity contribution in [3.8, 4) is 5.75 Å². The lowest BCUT2D eigenvalue weighted by atomic mass is 9.93. The zero-order chi connectivity index (χ0) is 32.8. The predicted octanol–water partition coefficient (Wildman–Crippen LogP) is 6.69. The van der Waals surface area contributed by atoms with Crippen molar-refractivity contribution in [2.24, 2.45) is 15.5 Å². The maximum atomic E-state index is 14.0. The van der Waals surface area contributed by atoms with E-state index in [0.717, 1.165) is 73.7 Å². The molecule has 47 heavy (non-hydrogen) atoms. The zero-order valence-electron chi connectivity index (χ0n) is 27.5. The number of fused-ring (bicyclic) bond motifs is 1. The third kappa shape index (κ3) is 7.22. The lowest BCUT2D eigenvalue weighted by Crippen LogP contribution is -2.46. The topological polar surface area (TPSA) is 79.8 Å². The maximum absolute atomic E-state index is 14.0. The van der Waals surface area contributed by atoms with E-state index in [9.17, 15) is 4.39 Å². The van der Waals surface area contributed by atoms with Crippen LogP contribution < -0.4 is 14.2 Å². The van der Waals surface area contributed by atoms with Gasteiger partial charge in [-0.2, -0.15) is 0 Å². The number of methoxy groups -OCH3 is 1. The second-order valence-corrected chi connectivity index (χ2v) is 12.3. The van der Waals surface area contributed by atoms with E-state index in [1.54, 1.807) is 13.4 Å². The van der Waals surface area contributed by atoms with Crippen molar-refractivity contribution in [1.29, 1.82) is 0 Å². The highest BCUT2D eigenvalue weighted by atomic mass is 19.1. The van der Waals surface area contributed by atoms with Crippen LogP contribution in [-0.4, -0.2) is 80.4 Å². The molecular weight excluding hydrogens is 595 g/mol. The van der Waals surface area contributed by atoms with Crippen LogP contribution in [0.5, 0.6) is 5.75 Å². The zero-order valence-corrected chi connectivity index (χ0v) is 27.5.